The fraction of sp³-hybridized carbons (Fsp3) is 0.562. The third-order valence-corrected chi connectivity index (χ3v) is 3.18. The number of nitrogens with one attached hydrogen (secondary N) is 1. The minimum atomic E-state index is -0.369. The summed E-state index contributed by atoms with van der Waals surface area (Å²) < 4.78 is 0. The average molecular weight is 277 g/mol. The van der Waals surface area contributed by atoms with Gasteiger partial charge in [-0.2, -0.15) is 0 Å². The largest absolute Gasteiger partial charge is 0.397 e. The summed E-state index contributed by atoms with van der Waals surface area (Å²) in [4.78, 5) is 12.5. The Labute approximate surface area is 121 Å². The lowest BCUT2D eigenvalue weighted by atomic mass is 9.84. The fourth-order valence-electron chi connectivity index (χ4n) is 2.14. The van der Waals surface area contributed by atoms with Crippen molar-refractivity contribution in [3.05, 3.63) is 23.8 Å². The first-order valence-electron chi connectivity index (χ1n) is 7.05. The molecule has 0 aromatic heterocycles. The summed E-state index contributed by atoms with van der Waals surface area (Å²) >= 11 is 0. The Bertz CT molecular complexity index is 475. The molecule has 1 aromatic rings. The van der Waals surface area contributed by atoms with Crippen molar-refractivity contribution in [2.24, 2.45) is 5.41 Å². The number of hydrogen-bond acceptors (Lipinski definition) is 4. The van der Waals surface area contributed by atoms with E-state index in [-0.39, 0.29) is 23.3 Å². The van der Waals surface area contributed by atoms with Gasteiger partial charge in [-0.15, -0.1) is 0 Å². The topological polar surface area (TPSA) is 81.1 Å². The highest BCUT2D eigenvalue weighted by atomic mass is 16.1. The summed E-state index contributed by atoms with van der Waals surface area (Å²) in [6.45, 7) is 9.92. The van der Waals surface area contributed by atoms with Gasteiger partial charge in [-0.25, -0.2) is 0 Å². The molecule has 1 rings (SSSR count). The van der Waals surface area contributed by atoms with Crippen LogP contribution in [0, 0.1) is 5.41 Å². The van der Waals surface area contributed by atoms with Crippen LogP contribution in [0.25, 0.3) is 0 Å². The second-order valence-corrected chi connectivity index (χ2v) is 6.66. The predicted molar refractivity (Wildman–Crippen MR) is 85.5 cm³/mol. The van der Waals surface area contributed by atoms with Crippen LogP contribution in [-0.4, -0.2) is 17.9 Å². The number of Topliss-reactive ketones (excluding diaryl/α,β-unsaturated/α-hetero) is 1. The molecule has 0 aliphatic rings. The minimum absolute atomic E-state index is 0.210. The Morgan fingerprint density at radius 1 is 1.20 bits per heavy atom. The summed E-state index contributed by atoms with van der Waals surface area (Å²) in [7, 11) is 0. The Hall–Kier alpha value is -1.55. The van der Waals surface area contributed by atoms with Crippen LogP contribution in [0.4, 0.5) is 11.4 Å². The maximum absolute atomic E-state index is 12.5. The van der Waals surface area contributed by atoms with Gasteiger partial charge in [0.2, 0.25) is 0 Å². The lowest BCUT2D eigenvalue weighted by Crippen LogP contribution is -2.47. The van der Waals surface area contributed by atoms with Crippen molar-refractivity contribution in [2.75, 3.05) is 11.5 Å². The maximum Gasteiger partial charge on any atom is 0.155 e. The molecule has 1 aromatic carbocycles. The van der Waals surface area contributed by atoms with Crippen LogP contribution >= 0.6 is 0 Å². The molecule has 0 amide bonds. The molecule has 5 N–H and O–H groups in total. The van der Waals surface area contributed by atoms with E-state index in [0.29, 0.717) is 17.8 Å². The number of ketones is 1. The van der Waals surface area contributed by atoms with Gasteiger partial charge < -0.3 is 16.8 Å². The van der Waals surface area contributed by atoms with Crippen molar-refractivity contribution in [3.63, 3.8) is 0 Å². The molecule has 0 radical (unpaired) electrons. The smallest absolute Gasteiger partial charge is 0.155 e. The minimum Gasteiger partial charge on any atom is -0.397 e. The first-order valence-corrected chi connectivity index (χ1v) is 7.05. The molecule has 4 nitrogen and oxygen atoms in total. The fourth-order valence-corrected chi connectivity index (χ4v) is 2.14. The third kappa shape index (κ3) is 4.53. The molecular weight excluding hydrogens is 250 g/mol. The molecule has 4 heteroatoms. The molecule has 1 unspecified atom stereocenters. The second-order valence-electron chi connectivity index (χ2n) is 6.66. The first kappa shape index (κ1) is 16.5. The molecule has 0 heterocycles. The quantitative estimate of drug-likeness (QED) is 0.722. The molecule has 0 aliphatic heterocycles. The number of nitrogens with two attached hydrogens (primary N) is 2. The molecule has 0 saturated heterocycles. The van der Waals surface area contributed by atoms with Crippen LogP contribution in [0.1, 0.15) is 40.2 Å². The highest BCUT2D eigenvalue weighted by Gasteiger charge is 2.29. The Balaban J connectivity index is 2.94. The summed E-state index contributed by atoms with van der Waals surface area (Å²) in [5.74, 6) is 0.210. The standard InChI is InChI=1S/C16H27N3O/c1-10(2)19-14(15(20)16(3,4)5)9-11-6-7-12(17)13(18)8-11/h6-8,10,14,19H,9,17-18H2,1-5H3. The molecule has 0 spiro atoms. The van der Waals surface area contributed by atoms with Crippen molar-refractivity contribution in [1.29, 1.82) is 0 Å². The summed E-state index contributed by atoms with van der Waals surface area (Å²) in [5.41, 5.74) is 13.3. The summed E-state index contributed by atoms with van der Waals surface area (Å²) in [5, 5.41) is 3.35. The monoisotopic (exact) mass is 277 g/mol. The van der Waals surface area contributed by atoms with Gasteiger partial charge in [-0.1, -0.05) is 40.7 Å². The molecule has 0 saturated carbocycles. The van der Waals surface area contributed by atoms with E-state index in [1.807, 2.05) is 46.8 Å². The Kier molecular flexibility index (Phi) is 5.17. The summed E-state index contributed by atoms with van der Waals surface area (Å²) in [6, 6.07) is 5.60. The molecule has 1 atom stereocenters. The number of carbonyl (C=O) groups excluding carboxylic acids is 1. The second kappa shape index (κ2) is 6.27. The molecule has 0 bridgehead atoms. The Morgan fingerprint density at radius 3 is 2.25 bits per heavy atom. The van der Waals surface area contributed by atoms with Crippen LogP contribution < -0.4 is 16.8 Å². The number of anilines is 2. The van der Waals surface area contributed by atoms with Crippen LogP contribution in [0.2, 0.25) is 0 Å². The highest BCUT2D eigenvalue weighted by Crippen LogP contribution is 2.22. The van der Waals surface area contributed by atoms with E-state index in [0.717, 1.165) is 5.56 Å². The van der Waals surface area contributed by atoms with Gasteiger partial charge in [0.1, 0.15) is 0 Å². The molecule has 0 aliphatic carbocycles. The number of nitrogen functional groups attached to an aromatic ring is 2. The predicted octanol–water partition coefficient (Wildman–Crippen LogP) is 2.38. The van der Waals surface area contributed by atoms with Gasteiger partial charge in [0.05, 0.1) is 17.4 Å². The van der Waals surface area contributed by atoms with Crippen LogP contribution in [0.3, 0.4) is 0 Å². The van der Waals surface area contributed by atoms with Gasteiger partial charge in [0.15, 0.2) is 5.78 Å². The molecule has 112 valence electrons. The van der Waals surface area contributed by atoms with E-state index >= 15 is 0 Å². The van der Waals surface area contributed by atoms with Crippen molar-refractivity contribution in [3.8, 4) is 0 Å². The average Bonchev–Trinajstić information content (AvgIpc) is 2.30. The van der Waals surface area contributed by atoms with E-state index in [2.05, 4.69) is 5.32 Å². The van der Waals surface area contributed by atoms with Gasteiger partial charge in [-0.05, 0) is 24.1 Å². The summed E-state index contributed by atoms with van der Waals surface area (Å²) in [6.07, 6.45) is 0.624. The number of carbonyl (C=O) groups is 1. The highest BCUT2D eigenvalue weighted by molar-refractivity contribution is 5.89. The first-order chi connectivity index (χ1) is 9.11. The van der Waals surface area contributed by atoms with Crippen LogP contribution in [0.5, 0.6) is 0 Å². The number of hydrogen-bond donors (Lipinski definition) is 3. The van der Waals surface area contributed by atoms with Gasteiger partial charge >= 0.3 is 0 Å². The van der Waals surface area contributed by atoms with E-state index in [1.54, 1.807) is 6.07 Å². The van der Waals surface area contributed by atoms with E-state index in [4.69, 9.17) is 11.5 Å². The van der Waals surface area contributed by atoms with Gasteiger partial charge in [0, 0.05) is 11.5 Å². The van der Waals surface area contributed by atoms with E-state index in [1.165, 1.54) is 0 Å². The van der Waals surface area contributed by atoms with Gasteiger partial charge in [-0.3, -0.25) is 4.79 Å². The van der Waals surface area contributed by atoms with Crippen molar-refractivity contribution in [1.82, 2.24) is 5.32 Å². The number of benzene rings is 1. The van der Waals surface area contributed by atoms with E-state index in [9.17, 15) is 4.79 Å². The Morgan fingerprint density at radius 2 is 1.80 bits per heavy atom. The van der Waals surface area contributed by atoms with Gasteiger partial charge in [0.25, 0.3) is 0 Å². The zero-order valence-corrected chi connectivity index (χ0v) is 13.2. The van der Waals surface area contributed by atoms with Crippen molar-refractivity contribution >= 4 is 17.2 Å². The normalized spacial score (nSPS) is 13.5. The van der Waals surface area contributed by atoms with Crippen LogP contribution in [-0.2, 0) is 11.2 Å². The maximum atomic E-state index is 12.5. The zero-order valence-electron chi connectivity index (χ0n) is 13.2. The number of rotatable bonds is 5. The lowest BCUT2D eigenvalue weighted by Gasteiger charge is -2.27. The molecular formula is C16H27N3O. The van der Waals surface area contributed by atoms with E-state index < -0.39 is 0 Å². The third-order valence-electron chi connectivity index (χ3n) is 3.18. The molecule has 0 fully saturated rings. The lowest BCUT2D eigenvalue weighted by molar-refractivity contribution is -0.128. The SMILES string of the molecule is CC(C)NC(Cc1ccc(N)c(N)c1)C(=O)C(C)(C)C. The molecule has 20 heavy (non-hydrogen) atoms. The van der Waals surface area contributed by atoms with Crippen molar-refractivity contribution < 1.29 is 4.79 Å². The van der Waals surface area contributed by atoms with Crippen LogP contribution in [0.15, 0.2) is 18.2 Å². The zero-order chi connectivity index (χ0) is 15.5. The van der Waals surface area contributed by atoms with Crippen molar-refractivity contribution in [2.45, 2.75) is 53.1 Å².